The van der Waals surface area contributed by atoms with Gasteiger partial charge in [0.05, 0.1) is 38.3 Å². The number of hydrogen-bond donors (Lipinski definition) is 1. The summed E-state index contributed by atoms with van der Waals surface area (Å²) in [6.45, 7) is 8.97. The molecule has 1 aromatic carbocycles. The summed E-state index contributed by atoms with van der Waals surface area (Å²) in [6.07, 6.45) is 3.65. The summed E-state index contributed by atoms with van der Waals surface area (Å²) in [6, 6.07) is 7.29. The van der Waals surface area contributed by atoms with Crippen molar-refractivity contribution in [1.29, 1.82) is 0 Å². The fourth-order valence-electron chi connectivity index (χ4n) is 1.92. The Balaban J connectivity index is 2.07. The molecule has 0 radical (unpaired) electrons. The first-order valence-electron chi connectivity index (χ1n) is 8.67. The van der Waals surface area contributed by atoms with Crippen LogP contribution in [0.5, 0.6) is 0 Å². The van der Waals surface area contributed by atoms with Crippen molar-refractivity contribution in [3.05, 3.63) is 42.7 Å². The molecule has 0 fully saturated rings. The molecule has 1 rings (SSSR count). The summed E-state index contributed by atoms with van der Waals surface area (Å²) in [5, 5.41) is 3.30. The molecule has 0 aliphatic heterocycles. The van der Waals surface area contributed by atoms with Gasteiger partial charge in [-0.1, -0.05) is 19.9 Å². The van der Waals surface area contributed by atoms with E-state index in [1.165, 1.54) is 6.26 Å². The van der Waals surface area contributed by atoms with Gasteiger partial charge < -0.3 is 24.3 Å². The highest BCUT2D eigenvalue weighted by molar-refractivity contribution is 5.89. The summed E-state index contributed by atoms with van der Waals surface area (Å²) in [4.78, 5) is 11.9. The Labute approximate surface area is 150 Å². The Morgan fingerprint density at radius 3 is 2.32 bits per heavy atom. The number of esters is 1. The predicted molar refractivity (Wildman–Crippen MR) is 97.9 cm³/mol. The Kier molecular flexibility index (Phi) is 12.0. The quantitative estimate of drug-likeness (QED) is 0.297. The Bertz CT molecular complexity index is 475. The van der Waals surface area contributed by atoms with Crippen molar-refractivity contribution in [3.8, 4) is 0 Å². The third kappa shape index (κ3) is 10.4. The topological polar surface area (TPSA) is 66.0 Å². The molecule has 6 heteroatoms. The zero-order valence-corrected chi connectivity index (χ0v) is 15.0. The molecule has 0 saturated heterocycles. The number of ether oxygens (including phenoxy) is 4. The Morgan fingerprint density at radius 1 is 1.04 bits per heavy atom. The lowest BCUT2D eigenvalue weighted by Crippen LogP contribution is -2.13. The second-order valence-electron chi connectivity index (χ2n) is 5.26. The van der Waals surface area contributed by atoms with E-state index in [0.717, 1.165) is 25.1 Å². The van der Waals surface area contributed by atoms with Crippen LogP contribution in [0.15, 0.2) is 37.1 Å². The fraction of sp³-hybridized carbons (Fsp3) is 0.526. The van der Waals surface area contributed by atoms with Crippen LogP contribution in [0.3, 0.4) is 0 Å². The summed E-state index contributed by atoms with van der Waals surface area (Å²) in [5.41, 5.74) is 1.54. The van der Waals surface area contributed by atoms with E-state index in [0.29, 0.717) is 38.6 Å². The lowest BCUT2D eigenvalue weighted by atomic mass is 10.2. The van der Waals surface area contributed by atoms with E-state index >= 15 is 0 Å². The largest absolute Gasteiger partial charge is 0.499 e. The Hall–Kier alpha value is -2.05. The smallest absolute Gasteiger partial charge is 0.338 e. The van der Waals surface area contributed by atoms with E-state index in [4.69, 9.17) is 18.9 Å². The second-order valence-corrected chi connectivity index (χ2v) is 5.26. The van der Waals surface area contributed by atoms with Gasteiger partial charge in [-0.2, -0.15) is 0 Å². The van der Waals surface area contributed by atoms with Crippen LogP contribution < -0.4 is 5.32 Å². The SMILES string of the molecule is C=COCCOCCOCCOC(=O)c1ccc(NCCCC)cc1. The molecule has 1 aromatic rings. The first-order chi connectivity index (χ1) is 12.3. The highest BCUT2D eigenvalue weighted by Gasteiger charge is 2.06. The molecule has 0 amide bonds. The standard InChI is InChI=1S/C19H29NO5/c1-3-5-10-20-18-8-6-17(7-9-18)19(21)25-16-15-24-14-13-23-12-11-22-4-2/h4,6-9,20H,2-3,5,10-16H2,1H3. The lowest BCUT2D eigenvalue weighted by molar-refractivity contribution is 0.00826. The molecule has 0 aliphatic carbocycles. The molecule has 0 aromatic heterocycles. The van der Waals surface area contributed by atoms with Crippen LogP contribution in [-0.2, 0) is 18.9 Å². The molecule has 0 saturated carbocycles. The maximum Gasteiger partial charge on any atom is 0.338 e. The zero-order chi connectivity index (χ0) is 18.2. The minimum atomic E-state index is -0.346. The second kappa shape index (κ2) is 14.3. The molecule has 0 spiro atoms. The van der Waals surface area contributed by atoms with Crippen molar-refractivity contribution < 1.29 is 23.7 Å². The number of unbranched alkanes of at least 4 members (excludes halogenated alkanes) is 1. The predicted octanol–water partition coefficient (Wildman–Crippen LogP) is 3.25. The van der Waals surface area contributed by atoms with Crippen molar-refractivity contribution >= 4 is 11.7 Å². The monoisotopic (exact) mass is 351 g/mol. The van der Waals surface area contributed by atoms with Crippen molar-refractivity contribution in [2.75, 3.05) is 51.5 Å². The maximum atomic E-state index is 11.9. The first kappa shape index (κ1) is 21.0. The fourth-order valence-corrected chi connectivity index (χ4v) is 1.92. The summed E-state index contributed by atoms with van der Waals surface area (Å²) < 4.78 is 20.7. The van der Waals surface area contributed by atoms with Gasteiger partial charge in [0.2, 0.25) is 0 Å². The van der Waals surface area contributed by atoms with Crippen LogP contribution in [0.25, 0.3) is 0 Å². The van der Waals surface area contributed by atoms with Crippen molar-refractivity contribution in [2.45, 2.75) is 19.8 Å². The van der Waals surface area contributed by atoms with E-state index in [1.54, 1.807) is 12.1 Å². The molecule has 25 heavy (non-hydrogen) atoms. The highest BCUT2D eigenvalue weighted by Crippen LogP contribution is 2.10. The van der Waals surface area contributed by atoms with Crippen LogP contribution in [0.4, 0.5) is 5.69 Å². The average Bonchev–Trinajstić information content (AvgIpc) is 2.64. The number of carbonyl (C=O) groups is 1. The zero-order valence-electron chi connectivity index (χ0n) is 15.0. The molecular formula is C19H29NO5. The number of anilines is 1. The first-order valence-corrected chi connectivity index (χ1v) is 8.67. The molecule has 6 nitrogen and oxygen atoms in total. The lowest BCUT2D eigenvalue weighted by Gasteiger charge is -2.08. The van der Waals surface area contributed by atoms with Crippen LogP contribution in [0.1, 0.15) is 30.1 Å². The molecule has 0 heterocycles. The number of benzene rings is 1. The molecule has 1 N–H and O–H groups in total. The van der Waals surface area contributed by atoms with Crippen LogP contribution >= 0.6 is 0 Å². The summed E-state index contributed by atoms with van der Waals surface area (Å²) >= 11 is 0. The number of rotatable bonds is 15. The normalized spacial score (nSPS) is 10.3. The van der Waals surface area contributed by atoms with Gasteiger partial charge in [-0.15, -0.1) is 0 Å². The summed E-state index contributed by atoms with van der Waals surface area (Å²) in [7, 11) is 0. The van der Waals surface area contributed by atoms with E-state index in [2.05, 4.69) is 18.8 Å². The Morgan fingerprint density at radius 2 is 1.68 bits per heavy atom. The molecule has 140 valence electrons. The van der Waals surface area contributed by atoms with Crippen molar-refractivity contribution in [1.82, 2.24) is 0 Å². The van der Waals surface area contributed by atoms with Gasteiger partial charge >= 0.3 is 5.97 Å². The number of hydrogen-bond acceptors (Lipinski definition) is 6. The molecule has 0 unspecified atom stereocenters. The minimum absolute atomic E-state index is 0.217. The number of nitrogens with one attached hydrogen (secondary N) is 1. The van der Waals surface area contributed by atoms with Gasteiger partial charge in [0.1, 0.15) is 13.2 Å². The summed E-state index contributed by atoms with van der Waals surface area (Å²) in [5.74, 6) is -0.346. The molecule has 0 aliphatic rings. The van der Waals surface area contributed by atoms with Gasteiger partial charge in [-0.3, -0.25) is 0 Å². The van der Waals surface area contributed by atoms with E-state index in [-0.39, 0.29) is 12.6 Å². The van der Waals surface area contributed by atoms with Crippen molar-refractivity contribution in [2.24, 2.45) is 0 Å². The third-order valence-corrected chi connectivity index (χ3v) is 3.28. The molecule has 0 bridgehead atoms. The van der Waals surface area contributed by atoms with Gasteiger partial charge in [-0.05, 0) is 30.7 Å². The van der Waals surface area contributed by atoms with E-state index in [1.807, 2.05) is 12.1 Å². The highest BCUT2D eigenvalue weighted by atomic mass is 16.6. The van der Waals surface area contributed by atoms with Crippen molar-refractivity contribution in [3.63, 3.8) is 0 Å². The van der Waals surface area contributed by atoms with Gasteiger partial charge in [0.15, 0.2) is 0 Å². The molecular weight excluding hydrogens is 322 g/mol. The maximum absolute atomic E-state index is 11.9. The van der Waals surface area contributed by atoms with Gasteiger partial charge in [0.25, 0.3) is 0 Å². The number of carbonyl (C=O) groups excluding carboxylic acids is 1. The van der Waals surface area contributed by atoms with Gasteiger partial charge in [0, 0.05) is 12.2 Å². The minimum Gasteiger partial charge on any atom is -0.499 e. The van der Waals surface area contributed by atoms with E-state index in [9.17, 15) is 4.79 Å². The molecule has 0 atom stereocenters. The van der Waals surface area contributed by atoms with Crippen LogP contribution in [0, 0.1) is 0 Å². The third-order valence-electron chi connectivity index (χ3n) is 3.28. The van der Waals surface area contributed by atoms with Gasteiger partial charge in [-0.25, -0.2) is 4.79 Å². The average molecular weight is 351 g/mol. The van der Waals surface area contributed by atoms with Crippen LogP contribution in [0.2, 0.25) is 0 Å². The van der Waals surface area contributed by atoms with Crippen LogP contribution in [-0.4, -0.2) is 52.2 Å². The van der Waals surface area contributed by atoms with E-state index < -0.39 is 0 Å².